The molecule has 4 rings (SSSR count). The maximum Gasteiger partial charge on any atom is 0.291 e. The first kappa shape index (κ1) is 18.7. The number of nitrogens with one attached hydrogen (secondary N) is 2. The third kappa shape index (κ3) is 3.69. The quantitative estimate of drug-likeness (QED) is 0.659. The molecule has 0 spiro atoms. The smallest absolute Gasteiger partial charge is 0.291 e. The number of nitrogens with zero attached hydrogens (tertiary/aromatic N) is 2. The molecule has 0 fully saturated rings. The highest BCUT2D eigenvalue weighted by Gasteiger charge is 2.28. The number of furan rings is 2. The van der Waals surface area contributed by atoms with Crippen LogP contribution in [0.5, 0.6) is 0 Å². The highest BCUT2D eigenvalue weighted by atomic mass is 16.4. The van der Waals surface area contributed by atoms with E-state index in [1.807, 2.05) is 6.92 Å². The molecule has 148 valence electrons. The first-order valence-corrected chi connectivity index (χ1v) is 9.29. The van der Waals surface area contributed by atoms with Crippen LogP contribution in [0.25, 0.3) is 0 Å². The van der Waals surface area contributed by atoms with Crippen molar-refractivity contribution in [3.8, 4) is 0 Å². The summed E-state index contributed by atoms with van der Waals surface area (Å²) in [6.07, 6.45) is 6.89. The van der Waals surface area contributed by atoms with Crippen molar-refractivity contribution >= 4 is 23.2 Å². The van der Waals surface area contributed by atoms with Gasteiger partial charge in [0.05, 0.1) is 17.5 Å². The summed E-state index contributed by atoms with van der Waals surface area (Å²) in [7, 11) is 0. The number of aromatic nitrogens is 1. The Labute approximate surface area is 167 Å². The lowest BCUT2D eigenvalue weighted by atomic mass is 9.93. The number of pyridine rings is 1. The van der Waals surface area contributed by atoms with Crippen LogP contribution in [-0.2, 0) is 6.42 Å². The zero-order chi connectivity index (χ0) is 20.4. The lowest BCUT2D eigenvalue weighted by molar-refractivity contribution is 0.0952. The summed E-state index contributed by atoms with van der Waals surface area (Å²) in [5.74, 6) is 0.814. The normalized spacial score (nSPS) is 14.5. The van der Waals surface area contributed by atoms with Gasteiger partial charge in [0.25, 0.3) is 11.8 Å². The van der Waals surface area contributed by atoms with E-state index in [1.54, 1.807) is 37.5 Å². The highest BCUT2D eigenvalue weighted by molar-refractivity contribution is 6.09. The van der Waals surface area contributed by atoms with Crippen molar-refractivity contribution in [1.29, 1.82) is 0 Å². The van der Waals surface area contributed by atoms with Crippen molar-refractivity contribution in [2.45, 2.75) is 33.1 Å². The van der Waals surface area contributed by atoms with E-state index >= 15 is 0 Å². The van der Waals surface area contributed by atoms with Gasteiger partial charge in [-0.15, -0.1) is 0 Å². The van der Waals surface area contributed by atoms with Crippen molar-refractivity contribution in [2.24, 2.45) is 5.10 Å². The summed E-state index contributed by atoms with van der Waals surface area (Å²) < 4.78 is 11.0. The van der Waals surface area contributed by atoms with Crippen LogP contribution in [-0.4, -0.2) is 22.5 Å². The van der Waals surface area contributed by atoms with Crippen molar-refractivity contribution in [3.05, 3.63) is 70.8 Å². The molecule has 3 heterocycles. The second-order valence-corrected chi connectivity index (χ2v) is 6.79. The summed E-state index contributed by atoms with van der Waals surface area (Å²) in [6.45, 7) is 3.54. The van der Waals surface area contributed by atoms with Gasteiger partial charge in [0.15, 0.2) is 5.76 Å². The minimum Gasteiger partial charge on any atom is -0.469 e. The number of hydrogen-bond acceptors (Lipinski definition) is 6. The topological polar surface area (TPSA) is 110 Å². The molecule has 1 aliphatic carbocycles. The zero-order valence-electron chi connectivity index (χ0n) is 16.1. The summed E-state index contributed by atoms with van der Waals surface area (Å²) in [5, 5.41) is 7.12. The van der Waals surface area contributed by atoms with Crippen LogP contribution in [0, 0.1) is 13.8 Å². The van der Waals surface area contributed by atoms with Gasteiger partial charge in [-0.1, -0.05) is 0 Å². The van der Waals surface area contributed by atoms with Gasteiger partial charge in [-0.3, -0.25) is 14.6 Å². The summed E-state index contributed by atoms with van der Waals surface area (Å²) in [5.41, 5.74) is 5.85. The van der Waals surface area contributed by atoms with Crippen LogP contribution < -0.4 is 10.7 Å². The number of anilines is 1. The van der Waals surface area contributed by atoms with E-state index in [0.29, 0.717) is 46.9 Å². The molecular weight excluding hydrogens is 372 g/mol. The van der Waals surface area contributed by atoms with Gasteiger partial charge in [-0.2, -0.15) is 5.10 Å². The molecule has 8 nitrogen and oxygen atoms in total. The lowest BCUT2D eigenvalue weighted by Gasteiger charge is -2.13. The number of amides is 2. The zero-order valence-corrected chi connectivity index (χ0v) is 16.1. The maximum atomic E-state index is 12.7. The molecule has 3 aromatic heterocycles. The Kier molecular flexibility index (Phi) is 4.99. The van der Waals surface area contributed by atoms with Crippen molar-refractivity contribution < 1.29 is 18.4 Å². The van der Waals surface area contributed by atoms with E-state index in [9.17, 15) is 9.59 Å². The first-order valence-electron chi connectivity index (χ1n) is 9.29. The number of aryl methyl sites for hydroxylation is 2. The highest BCUT2D eigenvalue weighted by Crippen LogP contribution is 2.30. The van der Waals surface area contributed by atoms with Crippen LogP contribution >= 0.6 is 0 Å². The molecule has 0 aliphatic heterocycles. The number of carbonyl (C=O) groups is 2. The molecule has 29 heavy (non-hydrogen) atoms. The Morgan fingerprint density at radius 1 is 1.10 bits per heavy atom. The van der Waals surface area contributed by atoms with Crippen LogP contribution in [0.1, 0.15) is 56.4 Å². The molecule has 1 aliphatic rings. The predicted octanol–water partition coefficient (Wildman–Crippen LogP) is 3.61. The van der Waals surface area contributed by atoms with Crippen molar-refractivity contribution in [3.63, 3.8) is 0 Å². The average Bonchev–Trinajstić information content (AvgIpc) is 3.30. The Morgan fingerprint density at radius 2 is 1.90 bits per heavy atom. The van der Waals surface area contributed by atoms with E-state index in [2.05, 4.69) is 20.8 Å². The number of hydrogen-bond donors (Lipinski definition) is 2. The largest absolute Gasteiger partial charge is 0.469 e. The number of hydrazone groups is 1. The second kappa shape index (κ2) is 7.75. The molecule has 2 amide bonds. The summed E-state index contributed by atoms with van der Waals surface area (Å²) in [6, 6.07) is 5.01. The second-order valence-electron chi connectivity index (χ2n) is 6.79. The van der Waals surface area contributed by atoms with E-state index in [-0.39, 0.29) is 17.6 Å². The van der Waals surface area contributed by atoms with Crippen LogP contribution in [0.2, 0.25) is 0 Å². The SMILES string of the molecule is Cc1occc1C(=O)N/N=C1\CCCc2oc(C(=O)Nc3ccncc3)c(C)c21. The third-order valence-electron chi connectivity index (χ3n) is 4.87. The molecule has 0 saturated heterocycles. The molecular formula is C21H20N4O4. The van der Waals surface area contributed by atoms with Gasteiger partial charge < -0.3 is 14.2 Å². The van der Waals surface area contributed by atoms with Gasteiger partial charge in [-0.05, 0) is 44.9 Å². The lowest BCUT2D eigenvalue weighted by Crippen LogP contribution is -2.22. The van der Waals surface area contributed by atoms with Gasteiger partial charge in [0, 0.05) is 35.6 Å². The number of fused-ring (bicyclic) bond motifs is 1. The molecule has 0 bridgehead atoms. The fourth-order valence-electron chi connectivity index (χ4n) is 3.42. The van der Waals surface area contributed by atoms with E-state index < -0.39 is 0 Å². The third-order valence-corrected chi connectivity index (χ3v) is 4.87. The molecule has 8 heteroatoms. The molecule has 0 unspecified atom stereocenters. The van der Waals surface area contributed by atoms with Crippen LogP contribution in [0.15, 0.2) is 50.8 Å². The minimum atomic E-state index is -0.340. The van der Waals surface area contributed by atoms with Crippen LogP contribution in [0.4, 0.5) is 5.69 Å². The Balaban J connectivity index is 1.58. The van der Waals surface area contributed by atoms with Crippen molar-refractivity contribution in [1.82, 2.24) is 10.4 Å². The molecule has 2 N–H and O–H groups in total. The van der Waals surface area contributed by atoms with Gasteiger partial charge in [0.2, 0.25) is 0 Å². The maximum absolute atomic E-state index is 12.7. The van der Waals surface area contributed by atoms with Crippen LogP contribution in [0.3, 0.4) is 0 Å². The Hall–Kier alpha value is -3.68. The number of rotatable bonds is 4. The fourth-order valence-corrected chi connectivity index (χ4v) is 3.42. The minimum absolute atomic E-state index is 0.249. The van der Waals surface area contributed by atoms with E-state index in [4.69, 9.17) is 8.83 Å². The summed E-state index contributed by atoms with van der Waals surface area (Å²) >= 11 is 0. The predicted molar refractivity (Wildman–Crippen MR) is 106 cm³/mol. The van der Waals surface area contributed by atoms with Crippen molar-refractivity contribution in [2.75, 3.05) is 5.32 Å². The van der Waals surface area contributed by atoms with E-state index in [1.165, 1.54) is 6.26 Å². The first-order chi connectivity index (χ1) is 14.0. The molecule has 0 atom stereocenters. The summed E-state index contributed by atoms with van der Waals surface area (Å²) in [4.78, 5) is 28.9. The Bertz CT molecular complexity index is 1100. The Morgan fingerprint density at radius 3 is 2.62 bits per heavy atom. The van der Waals surface area contributed by atoms with Gasteiger partial charge in [-0.25, -0.2) is 5.43 Å². The number of carbonyl (C=O) groups excluding carboxylic acids is 2. The standard InChI is InChI=1S/C21H20N4O4/c1-12-18-16(24-25-20(26)15-8-11-28-13(15)2)4-3-5-17(18)29-19(12)21(27)23-14-6-9-22-10-7-14/h6-11H,3-5H2,1-2H3,(H,25,26)(H,22,23,27)/b24-16+. The average molecular weight is 392 g/mol. The molecule has 0 radical (unpaired) electrons. The van der Waals surface area contributed by atoms with E-state index in [0.717, 1.165) is 12.0 Å². The fraction of sp³-hybridized carbons (Fsp3) is 0.238. The monoisotopic (exact) mass is 392 g/mol. The molecule has 0 aromatic carbocycles. The molecule has 3 aromatic rings. The van der Waals surface area contributed by atoms with Gasteiger partial charge >= 0.3 is 0 Å². The molecule has 0 saturated carbocycles. The van der Waals surface area contributed by atoms with Gasteiger partial charge in [0.1, 0.15) is 11.5 Å².